The highest BCUT2D eigenvalue weighted by Crippen LogP contribution is 2.22. The number of benzene rings is 1. The van der Waals surface area contributed by atoms with Crippen LogP contribution in [0.25, 0.3) is 0 Å². The van der Waals surface area contributed by atoms with Crippen molar-refractivity contribution in [3.63, 3.8) is 0 Å². The molecule has 1 rings (SSSR count). The Morgan fingerprint density at radius 2 is 1.88 bits per heavy atom. The SMILES string of the molecule is COC(=O)/C=C/C(=O)Oc1ccc(C)cc1N. The molecule has 0 aliphatic rings. The molecule has 0 heterocycles. The first-order valence-corrected chi connectivity index (χ1v) is 4.87. The van der Waals surface area contributed by atoms with E-state index in [1.54, 1.807) is 18.2 Å². The second-order valence-electron chi connectivity index (χ2n) is 3.32. The van der Waals surface area contributed by atoms with Gasteiger partial charge in [0, 0.05) is 12.2 Å². The lowest BCUT2D eigenvalue weighted by Crippen LogP contribution is -2.07. The molecule has 5 heteroatoms. The first-order valence-electron chi connectivity index (χ1n) is 4.87. The molecule has 0 aliphatic carbocycles. The zero-order chi connectivity index (χ0) is 12.8. The second-order valence-corrected chi connectivity index (χ2v) is 3.32. The fourth-order valence-electron chi connectivity index (χ4n) is 1.11. The minimum Gasteiger partial charge on any atom is -0.466 e. The number of ether oxygens (including phenoxy) is 2. The third kappa shape index (κ3) is 3.98. The maximum absolute atomic E-state index is 11.3. The van der Waals surface area contributed by atoms with Gasteiger partial charge in [0.15, 0.2) is 5.75 Å². The Kier molecular flexibility index (Phi) is 4.28. The van der Waals surface area contributed by atoms with Gasteiger partial charge < -0.3 is 15.2 Å². The lowest BCUT2D eigenvalue weighted by atomic mass is 10.2. The lowest BCUT2D eigenvalue weighted by Gasteiger charge is -2.05. The fraction of sp³-hybridized carbons (Fsp3) is 0.167. The Morgan fingerprint density at radius 3 is 2.47 bits per heavy atom. The van der Waals surface area contributed by atoms with Crippen LogP contribution in [0, 0.1) is 6.92 Å². The maximum Gasteiger partial charge on any atom is 0.336 e. The summed E-state index contributed by atoms with van der Waals surface area (Å²) in [6.07, 6.45) is 1.96. The lowest BCUT2D eigenvalue weighted by molar-refractivity contribution is -0.135. The molecule has 0 aliphatic heterocycles. The highest BCUT2D eigenvalue weighted by molar-refractivity contribution is 5.92. The third-order valence-corrected chi connectivity index (χ3v) is 1.93. The van der Waals surface area contributed by atoms with E-state index in [1.807, 2.05) is 6.92 Å². The molecule has 0 aromatic heterocycles. The van der Waals surface area contributed by atoms with Gasteiger partial charge in [0.25, 0.3) is 0 Å². The summed E-state index contributed by atoms with van der Waals surface area (Å²) in [6, 6.07) is 5.05. The molecule has 1 aromatic carbocycles. The fourth-order valence-corrected chi connectivity index (χ4v) is 1.11. The normalized spacial score (nSPS) is 10.2. The quantitative estimate of drug-likeness (QED) is 0.369. The standard InChI is InChI=1S/C12H13NO4/c1-8-3-4-10(9(13)7-8)17-12(15)6-5-11(14)16-2/h3-7H,13H2,1-2H3/b6-5+. The van der Waals surface area contributed by atoms with Crippen LogP contribution in [0.4, 0.5) is 5.69 Å². The van der Waals surface area contributed by atoms with Crippen LogP contribution in [0.1, 0.15) is 5.56 Å². The van der Waals surface area contributed by atoms with E-state index in [9.17, 15) is 9.59 Å². The average Bonchev–Trinajstić information content (AvgIpc) is 2.29. The highest BCUT2D eigenvalue weighted by atomic mass is 16.5. The van der Waals surface area contributed by atoms with Crippen LogP contribution < -0.4 is 10.5 Å². The number of hydrogen-bond donors (Lipinski definition) is 1. The van der Waals surface area contributed by atoms with Gasteiger partial charge in [0.2, 0.25) is 0 Å². The molecule has 1 aromatic rings. The average molecular weight is 235 g/mol. The number of carbonyl (C=O) groups is 2. The summed E-state index contributed by atoms with van der Waals surface area (Å²) in [4.78, 5) is 22.0. The maximum atomic E-state index is 11.3. The molecular formula is C12H13NO4. The molecule has 17 heavy (non-hydrogen) atoms. The van der Waals surface area contributed by atoms with E-state index in [1.165, 1.54) is 7.11 Å². The van der Waals surface area contributed by atoms with Gasteiger partial charge in [-0.05, 0) is 24.6 Å². The van der Waals surface area contributed by atoms with Gasteiger partial charge >= 0.3 is 11.9 Å². The second kappa shape index (κ2) is 5.69. The molecule has 0 saturated heterocycles. The number of aryl methyl sites for hydroxylation is 1. The molecule has 0 radical (unpaired) electrons. The number of carbonyl (C=O) groups excluding carboxylic acids is 2. The molecule has 0 saturated carbocycles. The summed E-state index contributed by atoms with van der Waals surface area (Å²) in [5.74, 6) is -1.06. The highest BCUT2D eigenvalue weighted by Gasteiger charge is 2.05. The topological polar surface area (TPSA) is 78.6 Å². The van der Waals surface area contributed by atoms with E-state index in [-0.39, 0.29) is 5.75 Å². The van der Waals surface area contributed by atoms with Crippen LogP contribution in [-0.4, -0.2) is 19.0 Å². The summed E-state index contributed by atoms with van der Waals surface area (Å²) < 4.78 is 9.27. The minimum atomic E-state index is -0.689. The summed E-state index contributed by atoms with van der Waals surface area (Å²) in [5, 5.41) is 0. The van der Waals surface area contributed by atoms with Gasteiger partial charge in [-0.2, -0.15) is 0 Å². The van der Waals surface area contributed by atoms with Gasteiger partial charge in [-0.3, -0.25) is 0 Å². The van der Waals surface area contributed by atoms with Gasteiger partial charge in [0.05, 0.1) is 12.8 Å². The summed E-state index contributed by atoms with van der Waals surface area (Å²) >= 11 is 0. The van der Waals surface area contributed by atoms with Crippen molar-refractivity contribution in [2.24, 2.45) is 0 Å². The monoisotopic (exact) mass is 235 g/mol. The van der Waals surface area contributed by atoms with E-state index in [0.717, 1.165) is 17.7 Å². The number of rotatable bonds is 3. The van der Waals surface area contributed by atoms with Crippen LogP contribution in [0.2, 0.25) is 0 Å². The van der Waals surface area contributed by atoms with Crippen LogP contribution in [-0.2, 0) is 14.3 Å². The van der Waals surface area contributed by atoms with E-state index in [0.29, 0.717) is 5.69 Å². The first-order chi connectivity index (χ1) is 8.02. The van der Waals surface area contributed by atoms with Gasteiger partial charge in [0.1, 0.15) is 0 Å². The summed E-state index contributed by atoms with van der Waals surface area (Å²) in [6.45, 7) is 1.87. The number of hydrogen-bond acceptors (Lipinski definition) is 5. The van der Waals surface area contributed by atoms with Gasteiger partial charge in [-0.25, -0.2) is 9.59 Å². The molecule has 2 N–H and O–H groups in total. The van der Waals surface area contributed by atoms with Crippen molar-refractivity contribution < 1.29 is 19.1 Å². The van der Waals surface area contributed by atoms with Crippen LogP contribution in [0.3, 0.4) is 0 Å². The molecule has 5 nitrogen and oxygen atoms in total. The predicted octanol–water partition coefficient (Wildman–Crippen LogP) is 1.21. The zero-order valence-corrected chi connectivity index (χ0v) is 9.60. The predicted molar refractivity (Wildman–Crippen MR) is 62.4 cm³/mol. The van der Waals surface area contributed by atoms with E-state index >= 15 is 0 Å². The van der Waals surface area contributed by atoms with E-state index in [4.69, 9.17) is 10.5 Å². The van der Waals surface area contributed by atoms with Crippen molar-refractivity contribution in [3.8, 4) is 5.75 Å². The van der Waals surface area contributed by atoms with Crippen molar-refractivity contribution in [1.82, 2.24) is 0 Å². The number of nitrogen functional groups attached to an aromatic ring is 1. The number of anilines is 1. The number of esters is 2. The van der Waals surface area contributed by atoms with Crippen molar-refractivity contribution in [3.05, 3.63) is 35.9 Å². The largest absolute Gasteiger partial charge is 0.466 e. The van der Waals surface area contributed by atoms with E-state index < -0.39 is 11.9 Å². The van der Waals surface area contributed by atoms with Crippen molar-refractivity contribution in [2.45, 2.75) is 6.92 Å². The van der Waals surface area contributed by atoms with E-state index in [2.05, 4.69) is 4.74 Å². The first kappa shape index (κ1) is 12.8. The molecule has 90 valence electrons. The number of nitrogens with two attached hydrogens (primary N) is 1. The summed E-state index contributed by atoms with van der Waals surface area (Å²) in [7, 11) is 1.22. The molecule has 0 spiro atoms. The smallest absolute Gasteiger partial charge is 0.336 e. The Labute approximate surface area is 98.8 Å². The zero-order valence-electron chi connectivity index (χ0n) is 9.60. The minimum absolute atomic E-state index is 0.259. The number of methoxy groups -OCH3 is 1. The Morgan fingerprint density at radius 1 is 1.24 bits per heavy atom. The van der Waals surface area contributed by atoms with Crippen LogP contribution in [0.5, 0.6) is 5.75 Å². The molecular weight excluding hydrogens is 222 g/mol. The summed E-state index contributed by atoms with van der Waals surface area (Å²) in [5.41, 5.74) is 6.99. The molecule has 0 amide bonds. The Balaban J connectivity index is 2.68. The Bertz CT molecular complexity index is 466. The Hall–Kier alpha value is -2.30. The van der Waals surface area contributed by atoms with Gasteiger partial charge in [-0.15, -0.1) is 0 Å². The molecule has 0 fully saturated rings. The molecule has 0 bridgehead atoms. The van der Waals surface area contributed by atoms with Crippen molar-refractivity contribution in [2.75, 3.05) is 12.8 Å². The third-order valence-electron chi connectivity index (χ3n) is 1.93. The van der Waals surface area contributed by atoms with Crippen LogP contribution >= 0.6 is 0 Å². The van der Waals surface area contributed by atoms with Crippen molar-refractivity contribution >= 4 is 17.6 Å². The molecule has 0 atom stereocenters. The van der Waals surface area contributed by atoms with Gasteiger partial charge in [-0.1, -0.05) is 6.07 Å². The van der Waals surface area contributed by atoms with Crippen LogP contribution in [0.15, 0.2) is 30.4 Å². The van der Waals surface area contributed by atoms with Crippen molar-refractivity contribution in [1.29, 1.82) is 0 Å². The molecule has 0 unspecified atom stereocenters.